The third-order valence-electron chi connectivity index (χ3n) is 4.67. The molecule has 11 heteroatoms. The fraction of sp³-hybridized carbons (Fsp3) is 0.353. The van der Waals surface area contributed by atoms with Gasteiger partial charge in [0.25, 0.3) is 5.56 Å². The third kappa shape index (κ3) is 3.25. The summed E-state index contributed by atoms with van der Waals surface area (Å²) in [7, 11) is 0. The van der Waals surface area contributed by atoms with Gasteiger partial charge in [-0.1, -0.05) is 0 Å². The van der Waals surface area contributed by atoms with Crippen LogP contribution in [0, 0.1) is 12.7 Å². The predicted molar refractivity (Wildman–Crippen MR) is 93.9 cm³/mol. The number of ether oxygens (including phenoxy) is 1. The van der Waals surface area contributed by atoms with Gasteiger partial charge in [0.1, 0.15) is 24.2 Å². The fourth-order valence-electron chi connectivity index (χ4n) is 3.17. The highest BCUT2D eigenvalue weighted by molar-refractivity contribution is 5.53. The maximum Gasteiger partial charge on any atom is 0.330 e. The van der Waals surface area contributed by atoms with Crippen LogP contribution >= 0.6 is 0 Å². The largest absolute Gasteiger partial charge is 0.394 e. The van der Waals surface area contributed by atoms with Gasteiger partial charge in [-0.05, 0) is 36.4 Å². The van der Waals surface area contributed by atoms with E-state index in [1.165, 1.54) is 39.8 Å². The second-order valence-corrected chi connectivity index (χ2v) is 6.53. The molecule has 0 amide bonds. The summed E-state index contributed by atoms with van der Waals surface area (Å²) < 4.78 is 20.1. The molecule has 1 aliphatic rings. The molecule has 2 aromatic heterocycles. The van der Waals surface area contributed by atoms with Crippen LogP contribution in [0.4, 0.5) is 4.39 Å². The summed E-state index contributed by atoms with van der Waals surface area (Å²) in [5.74, 6) is -0.0673. The van der Waals surface area contributed by atoms with Crippen molar-refractivity contribution in [3.8, 4) is 11.4 Å². The minimum atomic E-state index is -0.703. The number of nitrogens with zero attached hydrogens (tertiary/aromatic N) is 5. The van der Waals surface area contributed by atoms with Gasteiger partial charge in [0, 0.05) is 23.7 Å². The molecular weight excluding hydrogens is 371 g/mol. The van der Waals surface area contributed by atoms with Crippen molar-refractivity contribution in [1.82, 2.24) is 29.8 Å². The maximum absolute atomic E-state index is 13.1. The third-order valence-corrected chi connectivity index (χ3v) is 4.67. The SMILES string of the molecule is Cc1cn(C2CC(n3nnc(-c4ccc(F)cc4)n3)C(CO)O2)c(=O)[nH]c1=O. The monoisotopic (exact) mass is 388 g/mol. The molecule has 3 aromatic rings. The Bertz CT molecular complexity index is 1110. The zero-order chi connectivity index (χ0) is 19.8. The van der Waals surface area contributed by atoms with E-state index in [1.807, 2.05) is 0 Å². The van der Waals surface area contributed by atoms with Crippen LogP contribution in [0.3, 0.4) is 0 Å². The summed E-state index contributed by atoms with van der Waals surface area (Å²) in [4.78, 5) is 27.2. The van der Waals surface area contributed by atoms with Crippen molar-refractivity contribution >= 4 is 0 Å². The van der Waals surface area contributed by atoms with E-state index in [0.29, 0.717) is 17.0 Å². The topological polar surface area (TPSA) is 128 Å². The number of hydrogen-bond acceptors (Lipinski definition) is 7. The van der Waals surface area contributed by atoms with Gasteiger partial charge in [-0.25, -0.2) is 9.18 Å². The fourth-order valence-corrected chi connectivity index (χ4v) is 3.17. The van der Waals surface area contributed by atoms with E-state index in [-0.39, 0.29) is 18.8 Å². The minimum Gasteiger partial charge on any atom is -0.394 e. The van der Waals surface area contributed by atoms with Gasteiger partial charge in [0.05, 0.1) is 6.61 Å². The lowest BCUT2D eigenvalue weighted by Gasteiger charge is -2.15. The molecule has 0 spiro atoms. The molecule has 0 radical (unpaired) electrons. The van der Waals surface area contributed by atoms with E-state index in [1.54, 1.807) is 6.92 Å². The molecule has 146 valence electrons. The Morgan fingerprint density at radius 2 is 2.07 bits per heavy atom. The van der Waals surface area contributed by atoms with Crippen molar-refractivity contribution in [2.24, 2.45) is 0 Å². The average molecular weight is 388 g/mol. The summed E-state index contributed by atoms with van der Waals surface area (Å²) in [5, 5.41) is 22.0. The first-order chi connectivity index (χ1) is 13.5. The number of tetrazole rings is 1. The Morgan fingerprint density at radius 1 is 1.32 bits per heavy atom. The molecule has 1 saturated heterocycles. The molecule has 0 saturated carbocycles. The smallest absolute Gasteiger partial charge is 0.330 e. The molecular formula is C17H17FN6O4. The molecule has 2 N–H and O–H groups in total. The quantitative estimate of drug-likeness (QED) is 0.651. The molecule has 1 aromatic carbocycles. The number of H-pyrrole nitrogens is 1. The van der Waals surface area contributed by atoms with E-state index in [4.69, 9.17) is 4.74 Å². The number of halogens is 1. The number of benzene rings is 1. The van der Waals surface area contributed by atoms with Crippen LogP contribution in [0.2, 0.25) is 0 Å². The summed E-state index contributed by atoms with van der Waals surface area (Å²) in [5.41, 5.74) is -0.103. The van der Waals surface area contributed by atoms with Gasteiger partial charge < -0.3 is 9.84 Å². The molecule has 3 heterocycles. The number of aryl methyl sites for hydroxylation is 1. The van der Waals surface area contributed by atoms with Crippen molar-refractivity contribution in [1.29, 1.82) is 0 Å². The van der Waals surface area contributed by atoms with E-state index in [9.17, 15) is 19.1 Å². The standard InChI is InChI=1S/C17H17FN6O4/c1-9-7-23(17(27)19-16(9)26)14-6-12(13(8-25)28-14)24-21-15(20-22-24)10-2-4-11(18)5-3-10/h2-5,7,12-14,25H,6,8H2,1H3,(H,19,26,27). The summed E-state index contributed by atoms with van der Waals surface area (Å²) in [6.07, 6.45) is 0.335. The number of aliphatic hydroxyl groups excluding tert-OH is 1. The highest BCUT2D eigenvalue weighted by Gasteiger charge is 2.39. The first-order valence-electron chi connectivity index (χ1n) is 8.60. The van der Waals surface area contributed by atoms with Crippen LogP contribution in [0.15, 0.2) is 40.1 Å². The number of aromatic nitrogens is 6. The number of rotatable bonds is 4. The Kier molecular flexibility index (Phi) is 4.61. The van der Waals surface area contributed by atoms with Crippen LogP contribution in [0.1, 0.15) is 24.3 Å². The first-order valence-corrected chi connectivity index (χ1v) is 8.60. The Balaban J connectivity index is 1.62. The molecule has 0 bridgehead atoms. The van der Waals surface area contributed by atoms with Crippen molar-refractivity contribution in [3.05, 3.63) is 62.7 Å². The molecule has 3 atom stereocenters. The van der Waals surface area contributed by atoms with Gasteiger partial charge in [-0.15, -0.1) is 10.2 Å². The van der Waals surface area contributed by atoms with Crippen molar-refractivity contribution in [2.75, 3.05) is 6.61 Å². The normalized spacial score (nSPS) is 21.9. The summed E-state index contributed by atoms with van der Waals surface area (Å²) in [6, 6.07) is 5.20. The summed E-state index contributed by atoms with van der Waals surface area (Å²) >= 11 is 0. The average Bonchev–Trinajstić information content (AvgIpc) is 3.32. The van der Waals surface area contributed by atoms with Gasteiger partial charge in [-0.3, -0.25) is 14.3 Å². The van der Waals surface area contributed by atoms with Crippen LogP contribution in [-0.2, 0) is 4.74 Å². The van der Waals surface area contributed by atoms with E-state index >= 15 is 0 Å². The van der Waals surface area contributed by atoms with Crippen LogP contribution in [0.25, 0.3) is 11.4 Å². The minimum absolute atomic E-state index is 0.288. The molecule has 4 rings (SSSR count). The zero-order valence-corrected chi connectivity index (χ0v) is 14.8. The highest BCUT2D eigenvalue weighted by Crippen LogP contribution is 2.35. The van der Waals surface area contributed by atoms with Crippen LogP contribution in [0.5, 0.6) is 0 Å². The molecule has 28 heavy (non-hydrogen) atoms. The first kappa shape index (κ1) is 18.2. The molecule has 1 aliphatic heterocycles. The molecule has 0 aliphatic carbocycles. The lowest BCUT2D eigenvalue weighted by molar-refractivity contribution is -0.0332. The number of nitrogens with one attached hydrogen (secondary N) is 1. The second-order valence-electron chi connectivity index (χ2n) is 6.53. The Morgan fingerprint density at radius 3 is 2.79 bits per heavy atom. The van der Waals surface area contributed by atoms with Gasteiger partial charge in [-0.2, -0.15) is 4.80 Å². The van der Waals surface area contributed by atoms with E-state index < -0.39 is 29.6 Å². The molecule has 1 fully saturated rings. The Hall–Kier alpha value is -3.18. The van der Waals surface area contributed by atoms with Crippen molar-refractivity contribution in [2.45, 2.75) is 31.7 Å². The molecule has 3 unspecified atom stereocenters. The number of aliphatic hydroxyl groups is 1. The lowest BCUT2D eigenvalue weighted by Crippen LogP contribution is -2.33. The van der Waals surface area contributed by atoms with E-state index in [2.05, 4.69) is 20.4 Å². The zero-order valence-electron chi connectivity index (χ0n) is 14.8. The van der Waals surface area contributed by atoms with Gasteiger partial charge >= 0.3 is 5.69 Å². The van der Waals surface area contributed by atoms with Crippen LogP contribution in [-0.4, -0.2) is 47.6 Å². The summed E-state index contributed by atoms with van der Waals surface area (Å²) in [6.45, 7) is 1.27. The predicted octanol–water partition coefficient (Wildman–Crippen LogP) is 0.159. The van der Waals surface area contributed by atoms with Crippen molar-refractivity contribution < 1.29 is 14.2 Å². The Labute approximate surface area is 157 Å². The number of hydrogen-bond donors (Lipinski definition) is 2. The highest BCUT2D eigenvalue weighted by atomic mass is 19.1. The van der Waals surface area contributed by atoms with Crippen molar-refractivity contribution in [3.63, 3.8) is 0 Å². The number of aromatic amines is 1. The maximum atomic E-state index is 13.1. The van der Waals surface area contributed by atoms with Crippen LogP contribution < -0.4 is 11.2 Å². The van der Waals surface area contributed by atoms with Gasteiger partial charge in [0.2, 0.25) is 5.82 Å². The molecule has 10 nitrogen and oxygen atoms in total. The van der Waals surface area contributed by atoms with E-state index in [0.717, 1.165) is 0 Å². The van der Waals surface area contributed by atoms with Gasteiger partial charge in [0.15, 0.2) is 0 Å². The lowest BCUT2D eigenvalue weighted by atomic mass is 10.1. The second kappa shape index (κ2) is 7.09.